The van der Waals surface area contributed by atoms with E-state index in [4.69, 9.17) is 4.98 Å². The van der Waals surface area contributed by atoms with Crippen molar-refractivity contribution in [2.24, 2.45) is 0 Å². The number of hydrogen-bond acceptors (Lipinski definition) is 1. The van der Waals surface area contributed by atoms with Gasteiger partial charge in [-0.25, -0.2) is 4.98 Å². The molecule has 1 nitrogen and oxygen atoms in total. The van der Waals surface area contributed by atoms with Gasteiger partial charge in [-0.3, -0.25) is 0 Å². The number of pyridine rings is 1. The molecule has 2 aliphatic carbocycles. The van der Waals surface area contributed by atoms with Crippen molar-refractivity contribution in [1.82, 2.24) is 4.98 Å². The molecule has 1 heteroatoms. The van der Waals surface area contributed by atoms with Crippen molar-refractivity contribution in [1.29, 1.82) is 0 Å². The van der Waals surface area contributed by atoms with E-state index in [1.807, 2.05) is 0 Å². The molecule has 0 N–H and O–H groups in total. The zero-order valence-electron chi connectivity index (χ0n) is 35.5. The third-order valence-corrected chi connectivity index (χ3v) is 14.1. The molecule has 1 heterocycles. The highest BCUT2D eigenvalue weighted by Gasteiger charge is 2.37. The molecule has 0 radical (unpaired) electrons. The van der Waals surface area contributed by atoms with Crippen molar-refractivity contribution in [2.75, 3.05) is 0 Å². The monoisotopic (exact) mass is 791 g/mol. The number of benzene rings is 9. The lowest BCUT2D eigenvalue weighted by molar-refractivity contribution is 0.660. The molecule has 9 aromatic carbocycles. The Morgan fingerprint density at radius 3 is 1.19 bits per heavy atom. The van der Waals surface area contributed by atoms with Crippen LogP contribution in [0.1, 0.15) is 49.9 Å². The first-order chi connectivity index (χ1) is 30.3. The topological polar surface area (TPSA) is 12.9 Å². The first-order valence-electron chi connectivity index (χ1n) is 21.9. The molecular formula is C61H45N. The number of rotatable bonds is 5. The van der Waals surface area contributed by atoms with Gasteiger partial charge in [0.05, 0.1) is 11.4 Å². The number of fused-ring (bicyclic) bond motifs is 8. The van der Waals surface area contributed by atoms with Crippen LogP contribution in [0.3, 0.4) is 0 Å². The minimum absolute atomic E-state index is 0.107. The zero-order chi connectivity index (χ0) is 41.7. The molecule has 10 aromatic rings. The van der Waals surface area contributed by atoms with Crippen molar-refractivity contribution in [2.45, 2.75) is 38.5 Å². The number of hydrogen-bond donors (Lipinski definition) is 0. The summed E-state index contributed by atoms with van der Waals surface area (Å²) in [6.07, 6.45) is 0. The van der Waals surface area contributed by atoms with Crippen LogP contribution < -0.4 is 0 Å². The average molecular weight is 792 g/mol. The van der Waals surface area contributed by atoms with Gasteiger partial charge in [0, 0.05) is 22.0 Å². The zero-order valence-corrected chi connectivity index (χ0v) is 35.5. The van der Waals surface area contributed by atoms with Gasteiger partial charge >= 0.3 is 0 Å². The van der Waals surface area contributed by atoms with Crippen LogP contribution in [0.5, 0.6) is 0 Å². The van der Waals surface area contributed by atoms with Gasteiger partial charge < -0.3 is 0 Å². The van der Waals surface area contributed by atoms with Gasteiger partial charge in [-0.05, 0) is 130 Å². The Bertz CT molecular complexity index is 3390. The van der Waals surface area contributed by atoms with Crippen LogP contribution in [0, 0.1) is 0 Å². The standard InChI is InChI=1S/C61H45N/c1-60(2)52-25-15-13-21-44(52)46-30-28-41(34-54(46)60)58-48-23-11-12-24-49(48)59(42-29-31-47-45-22-14-16-26-53(45)61(3,4)55(47)35-42)51-33-40(27-32-50(51)58)43-36-56(38-17-7-5-8-18-38)62-57(37-43)39-19-9-6-10-20-39/h5-37H,1-4H3. The van der Waals surface area contributed by atoms with Gasteiger partial charge in [0.15, 0.2) is 0 Å². The summed E-state index contributed by atoms with van der Waals surface area (Å²) in [6, 6.07) is 74.3. The predicted octanol–water partition coefficient (Wildman–Crippen LogP) is 16.3. The molecule has 0 saturated heterocycles. The maximum Gasteiger partial charge on any atom is 0.0715 e. The van der Waals surface area contributed by atoms with E-state index in [2.05, 4.69) is 228 Å². The fourth-order valence-corrected chi connectivity index (χ4v) is 10.9. The van der Waals surface area contributed by atoms with Crippen LogP contribution in [0.25, 0.3) is 99.7 Å². The molecule has 62 heavy (non-hydrogen) atoms. The summed E-state index contributed by atoms with van der Waals surface area (Å²) in [5, 5.41) is 5.01. The highest BCUT2D eigenvalue weighted by atomic mass is 14.7. The van der Waals surface area contributed by atoms with Crippen molar-refractivity contribution in [3.63, 3.8) is 0 Å². The minimum Gasteiger partial charge on any atom is -0.248 e. The van der Waals surface area contributed by atoms with Crippen LogP contribution in [0.15, 0.2) is 200 Å². The second-order valence-electron chi connectivity index (χ2n) is 18.3. The molecule has 0 bridgehead atoms. The Morgan fingerprint density at radius 1 is 0.274 bits per heavy atom. The molecule has 0 fully saturated rings. The molecule has 0 aliphatic heterocycles. The molecule has 1 aromatic heterocycles. The van der Waals surface area contributed by atoms with Crippen molar-refractivity contribution < 1.29 is 0 Å². The first-order valence-corrected chi connectivity index (χ1v) is 21.9. The van der Waals surface area contributed by atoms with E-state index < -0.39 is 0 Å². The highest BCUT2D eigenvalue weighted by Crippen LogP contribution is 2.53. The Hall–Kier alpha value is -7.35. The van der Waals surface area contributed by atoms with E-state index in [0.717, 1.165) is 33.6 Å². The molecule has 12 rings (SSSR count). The van der Waals surface area contributed by atoms with Crippen LogP contribution in [-0.2, 0) is 10.8 Å². The molecule has 294 valence electrons. The second-order valence-corrected chi connectivity index (χ2v) is 18.3. The molecule has 0 spiro atoms. The molecular weight excluding hydrogens is 747 g/mol. The van der Waals surface area contributed by atoms with E-state index in [0.29, 0.717) is 0 Å². The fraction of sp³-hybridized carbons (Fsp3) is 0.0984. The summed E-state index contributed by atoms with van der Waals surface area (Å²) in [5.74, 6) is 0. The minimum atomic E-state index is -0.119. The largest absolute Gasteiger partial charge is 0.248 e. The molecule has 0 amide bonds. The van der Waals surface area contributed by atoms with Gasteiger partial charge in [-0.1, -0.05) is 198 Å². The first kappa shape index (κ1) is 36.5. The second kappa shape index (κ2) is 13.6. The van der Waals surface area contributed by atoms with Gasteiger partial charge in [-0.2, -0.15) is 0 Å². The quantitative estimate of drug-likeness (QED) is 0.158. The van der Waals surface area contributed by atoms with Gasteiger partial charge in [0.25, 0.3) is 0 Å². The summed E-state index contributed by atoms with van der Waals surface area (Å²) in [6.45, 7) is 9.51. The average Bonchev–Trinajstić information content (AvgIpc) is 3.69. The predicted molar refractivity (Wildman–Crippen MR) is 262 cm³/mol. The van der Waals surface area contributed by atoms with Gasteiger partial charge in [0.1, 0.15) is 0 Å². The van der Waals surface area contributed by atoms with Crippen LogP contribution in [-0.4, -0.2) is 4.98 Å². The smallest absolute Gasteiger partial charge is 0.0715 e. The van der Waals surface area contributed by atoms with Gasteiger partial charge in [-0.15, -0.1) is 0 Å². The third-order valence-electron chi connectivity index (χ3n) is 14.1. The van der Waals surface area contributed by atoms with Crippen molar-refractivity contribution >= 4 is 21.5 Å². The summed E-state index contributed by atoms with van der Waals surface area (Å²) in [4.78, 5) is 5.24. The van der Waals surface area contributed by atoms with Crippen LogP contribution in [0.4, 0.5) is 0 Å². The Labute approximate surface area is 364 Å². The summed E-state index contributed by atoms with van der Waals surface area (Å²) in [7, 11) is 0. The number of aromatic nitrogens is 1. The Kier molecular flexibility index (Phi) is 7.99. The van der Waals surface area contributed by atoms with E-state index in [1.54, 1.807) is 0 Å². The maximum atomic E-state index is 5.24. The number of nitrogens with zero attached hydrogens (tertiary/aromatic N) is 1. The SMILES string of the molecule is CC1(C)c2ccccc2-c2ccc(-c3c4ccccc4c(-c4ccc5c(c4)C(C)(C)c4ccccc4-5)c4cc(-c5cc(-c6ccccc6)nc(-c6ccccc6)c5)ccc34)cc21. The molecule has 0 saturated carbocycles. The lowest BCUT2D eigenvalue weighted by Crippen LogP contribution is -2.15. The van der Waals surface area contributed by atoms with Crippen LogP contribution in [0.2, 0.25) is 0 Å². The molecule has 0 unspecified atom stereocenters. The van der Waals surface area contributed by atoms with Gasteiger partial charge in [0.2, 0.25) is 0 Å². The maximum absolute atomic E-state index is 5.24. The fourth-order valence-electron chi connectivity index (χ4n) is 10.9. The van der Waals surface area contributed by atoms with Crippen molar-refractivity contribution in [3.05, 3.63) is 222 Å². The summed E-state index contributed by atoms with van der Waals surface area (Å²) < 4.78 is 0. The molecule has 2 aliphatic rings. The van der Waals surface area contributed by atoms with Crippen molar-refractivity contribution in [3.8, 4) is 78.1 Å². The summed E-state index contributed by atoms with van der Waals surface area (Å²) >= 11 is 0. The third kappa shape index (κ3) is 5.44. The van der Waals surface area contributed by atoms with E-state index in [9.17, 15) is 0 Å². The molecule has 0 atom stereocenters. The lowest BCUT2D eigenvalue weighted by Gasteiger charge is -2.24. The lowest BCUT2D eigenvalue weighted by atomic mass is 9.79. The summed E-state index contributed by atoms with van der Waals surface area (Å²) in [5.41, 5.74) is 22.1. The Balaban J connectivity index is 1.14. The normalized spacial score (nSPS) is 14.1. The van der Waals surface area contributed by atoms with Crippen LogP contribution >= 0.6 is 0 Å². The van der Waals surface area contributed by atoms with E-state index in [-0.39, 0.29) is 10.8 Å². The van der Waals surface area contributed by atoms with E-state index >= 15 is 0 Å². The Morgan fingerprint density at radius 2 is 0.677 bits per heavy atom. The highest BCUT2D eigenvalue weighted by molar-refractivity contribution is 6.22. The van der Waals surface area contributed by atoms with E-state index in [1.165, 1.54) is 88.3 Å².